The first-order valence-corrected chi connectivity index (χ1v) is 10.4. The van der Waals surface area contributed by atoms with E-state index in [0.717, 1.165) is 39.0 Å². The lowest BCUT2D eigenvalue weighted by Crippen LogP contribution is -2.09. The molecule has 1 heterocycles. The molecule has 5 nitrogen and oxygen atoms in total. The zero-order valence-corrected chi connectivity index (χ0v) is 18.9. The number of anilines is 1. The summed E-state index contributed by atoms with van der Waals surface area (Å²) in [6.07, 6.45) is 3.19. The Morgan fingerprint density at radius 3 is 2.48 bits per heavy atom. The van der Waals surface area contributed by atoms with E-state index in [4.69, 9.17) is 13.9 Å². The summed E-state index contributed by atoms with van der Waals surface area (Å²) >= 11 is 0. The van der Waals surface area contributed by atoms with Crippen molar-refractivity contribution in [2.75, 3.05) is 19.5 Å². The van der Waals surface area contributed by atoms with Gasteiger partial charge in [0.25, 0.3) is 0 Å². The van der Waals surface area contributed by atoms with E-state index in [-0.39, 0.29) is 5.91 Å². The molecule has 0 atom stereocenters. The third-order valence-corrected chi connectivity index (χ3v) is 5.51. The highest BCUT2D eigenvalue weighted by Crippen LogP contribution is 2.40. The third-order valence-electron chi connectivity index (χ3n) is 5.51. The summed E-state index contributed by atoms with van der Waals surface area (Å²) in [5.41, 5.74) is 5.33. The monoisotopic (exact) mass is 445 g/mol. The number of allylic oxidation sites excluding steroid dienone is 1. The van der Waals surface area contributed by atoms with Crippen molar-refractivity contribution in [1.82, 2.24) is 0 Å². The van der Waals surface area contributed by atoms with Crippen LogP contribution in [-0.2, 0) is 4.79 Å². The van der Waals surface area contributed by atoms with Gasteiger partial charge in [-0.1, -0.05) is 18.2 Å². The van der Waals surface area contributed by atoms with Crippen molar-refractivity contribution >= 4 is 28.1 Å². The number of amides is 1. The van der Waals surface area contributed by atoms with Crippen LogP contribution in [0.25, 0.3) is 27.7 Å². The molecule has 1 amide bonds. The minimum Gasteiger partial charge on any atom is -0.497 e. The standard InChI is InChI=1S/C27H24FNO4/c1-16(12-25(30)29-20-7-5-6-19(28)13-20)22-14-23-24(18-8-10-21(31-3)11-9-18)15-33-27(23)17(2)26(22)32-4/h5-15H,1-4H3,(H,29,30)/b16-12+. The molecular formula is C27H24FNO4. The number of ether oxygens (including phenoxy) is 2. The first kappa shape index (κ1) is 22.1. The summed E-state index contributed by atoms with van der Waals surface area (Å²) in [6, 6.07) is 15.5. The van der Waals surface area contributed by atoms with Gasteiger partial charge in [0.15, 0.2) is 0 Å². The van der Waals surface area contributed by atoms with Crippen molar-refractivity contribution in [3.8, 4) is 22.6 Å². The number of fused-ring (bicyclic) bond motifs is 1. The number of hydrogen-bond acceptors (Lipinski definition) is 4. The predicted molar refractivity (Wildman–Crippen MR) is 128 cm³/mol. The van der Waals surface area contributed by atoms with E-state index in [9.17, 15) is 9.18 Å². The van der Waals surface area contributed by atoms with Crippen LogP contribution >= 0.6 is 0 Å². The molecule has 0 aliphatic carbocycles. The summed E-state index contributed by atoms with van der Waals surface area (Å²) in [6.45, 7) is 3.76. The van der Waals surface area contributed by atoms with Gasteiger partial charge in [-0.3, -0.25) is 4.79 Å². The van der Waals surface area contributed by atoms with Gasteiger partial charge in [-0.25, -0.2) is 4.39 Å². The number of carbonyl (C=O) groups excluding carboxylic acids is 1. The Balaban J connectivity index is 1.75. The molecule has 4 rings (SSSR count). The van der Waals surface area contributed by atoms with Crippen LogP contribution in [0.2, 0.25) is 0 Å². The minimum absolute atomic E-state index is 0.361. The molecule has 3 aromatic carbocycles. The molecule has 0 aliphatic heterocycles. The number of rotatable bonds is 6. The number of hydrogen-bond donors (Lipinski definition) is 1. The summed E-state index contributed by atoms with van der Waals surface area (Å²) in [5, 5.41) is 3.60. The number of halogens is 1. The van der Waals surface area contributed by atoms with Crippen molar-refractivity contribution in [3.05, 3.63) is 83.9 Å². The van der Waals surface area contributed by atoms with E-state index in [2.05, 4.69) is 5.32 Å². The van der Waals surface area contributed by atoms with Gasteiger partial charge in [0.1, 0.15) is 22.9 Å². The largest absolute Gasteiger partial charge is 0.497 e. The summed E-state index contributed by atoms with van der Waals surface area (Å²) in [7, 11) is 3.22. The molecule has 6 heteroatoms. The SMILES string of the molecule is COc1ccc(-c2coc3c(C)c(OC)c(/C(C)=C/C(=O)Nc4cccc(F)c4)cc23)cc1. The Hall–Kier alpha value is -4.06. The van der Waals surface area contributed by atoms with E-state index in [1.807, 2.05) is 44.2 Å². The van der Waals surface area contributed by atoms with Crippen molar-refractivity contribution in [3.63, 3.8) is 0 Å². The van der Waals surface area contributed by atoms with E-state index in [0.29, 0.717) is 17.0 Å². The van der Waals surface area contributed by atoms with Gasteiger partial charge in [-0.05, 0) is 61.4 Å². The first-order chi connectivity index (χ1) is 15.9. The Kier molecular flexibility index (Phi) is 6.18. The lowest BCUT2D eigenvalue weighted by atomic mass is 9.96. The van der Waals surface area contributed by atoms with Crippen LogP contribution in [0.1, 0.15) is 18.1 Å². The maximum atomic E-state index is 13.4. The maximum absolute atomic E-state index is 13.4. The van der Waals surface area contributed by atoms with Gasteiger partial charge >= 0.3 is 0 Å². The van der Waals surface area contributed by atoms with Crippen LogP contribution < -0.4 is 14.8 Å². The number of furan rings is 1. The Morgan fingerprint density at radius 2 is 1.82 bits per heavy atom. The zero-order valence-electron chi connectivity index (χ0n) is 18.9. The van der Waals surface area contributed by atoms with Gasteiger partial charge in [-0.2, -0.15) is 0 Å². The van der Waals surface area contributed by atoms with Crippen molar-refractivity contribution in [2.45, 2.75) is 13.8 Å². The molecule has 0 saturated carbocycles. The lowest BCUT2D eigenvalue weighted by Gasteiger charge is -2.13. The molecular weight excluding hydrogens is 421 g/mol. The number of carbonyl (C=O) groups is 1. The molecule has 1 aromatic heterocycles. The quantitative estimate of drug-likeness (QED) is 0.339. The molecule has 0 fully saturated rings. The van der Waals surface area contributed by atoms with Crippen LogP contribution in [0, 0.1) is 12.7 Å². The van der Waals surface area contributed by atoms with Gasteiger partial charge < -0.3 is 19.2 Å². The lowest BCUT2D eigenvalue weighted by molar-refractivity contribution is -0.111. The van der Waals surface area contributed by atoms with Gasteiger partial charge in [0.2, 0.25) is 5.91 Å². The first-order valence-electron chi connectivity index (χ1n) is 10.4. The van der Waals surface area contributed by atoms with Crippen LogP contribution in [0.5, 0.6) is 11.5 Å². The van der Waals surface area contributed by atoms with Crippen molar-refractivity contribution in [2.24, 2.45) is 0 Å². The Bertz CT molecular complexity index is 1350. The average Bonchev–Trinajstić information content (AvgIpc) is 3.23. The Morgan fingerprint density at radius 1 is 1.06 bits per heavy atom. The third kappa shape index (κ3) is 4.46. The molecule has 1 N–H and O–H groups in total. The van der Waals surface area contributed by atoms with Crippen molar-refractivity contribution in [1.29, 1.82) is 0 Å². The highest BCUT2D eigenvalue weighted by molar-refractivity contribution is 6.06. The molecule has 4 aromatic rings. The summed E-state index contributed by atoms with van der Waals surface area (Å²) < 4.78 is 30.2. The number of benzene rings is 3. The van der Waals surface area contributed by atoms with Gasteiger partial charge in [0.05, 0.1) is 20.5 Å². The number of aryl methyl sites for hydroxylation is 1. The van der Waals surface area contributed by atoms with Crippen LogP contribution in [0.4, 0.5) is 10.1 Å². The second-order valence-electron chi connectivity index (χ2n) is 7.66. The molecule has 33 heavy (non-hydrogen) atoms. The zero-order chi connectivity index (χ0) is 23.5. The van der Waals surface area contributed by atoms with Gasteiger partial charge in [0, 0.05) is 33.8 Å². The van der Waals surface area contributed by atoms with Crippen LogP contribution in [-0.4, -0.2) is 20.1 Å². The fourth-order valence-corrected chi connectivity index (χ4v) is 3.88. The van der Waals surface area contributed by atoms with E-state index < -0.39 is 5.82 Å². The number of nitrogens with one attached hydrogen (secondary N) is 1. The normalized spacial score (nSPS) is 11.5. The smallest absolute Gasteiger partial charge is 0.248 e. The summed E-state index contributed by atoms with van der Waals surface area (Å²) in [5.74, 6) is 0.626. The molecule has 0 spiro atoms. The molecule has 0 bridgehead atoms. The van der Waals surface area contributed by atoms with E-state index in [1.165, 1.54) is 18.2 Å². The predicted octanol–water partition coefficient (Wildman–Crippen LogP) is 6.61. The fourth-order valence-electron chi connectivity index (χ4n) is 3.88. The molecule has 0 unspecified atom stereocenters. The van der Waals surface area contributed by atoms with Crippen LogP contribution in [0.15, 0.2) is 71.4 Å². The maximum Gasteiger partial charge on any atom is 0.248 e. The molecule has 0 saturated heterocycles. The second-order valence-corrected chi connectivity index (χ2v) is 7.66. The Labute approximate surface area is 191 Å². The molecule has 0 radical (unpaired) electrons. The highest BCUT2D eigenvalue weighted by Gasteiger charge is 2.19. The fraction of sp³-hybridized carbons (Fsp3) is 0.148. The molecule has 0 aliphatic rings. The summed E-state index contributed by atoms with van der Waals surface area (Å²) in [4.78, 5) is 12.6. The minimum atomic E-state index is -0.415. The topological polar surface area (TPSA) is 60.7 Å². The second kappa shape index (κ2) is 9.20. The van der Waals surface area contributed by atoms with Gasteiger partial charge in [-0.15, -0.1) is 0 Å². The van der Waals surface area contributed by atoms with Crippen molar-refractivity contribution < 1.29 is 23.1 Å². The van der Waals surface area contributed by atoms with E-state index in [1.54, 1.807) is 32.6 Å². The van der Waals surface area contributed by atoms with E-state index >= 15 is 0 Å². The van der Waals surface area contributed by atoms with Crippen LogP contribution in [0.3, 0.4) is 0 Å². The molecule has 168 valence electrons. The number of methoxy groups -OCH3 is 2. The highest BCUT2D eigenvalue weighted by atomic mass is 19.1. The average molecular weight is 445 g/mol.